The van der Waals surface area contributed by atoms with Crippen LogP contribution in [0.1, 0.15) is 19.8 Å². The zero-order valence-corrected chi connectivity index (χ0v) is 8.39. The van der Waals surface area contributed by atoms with Crippen molar-refractivity contribution in [2.75, 3.05) is 0 Å². The molecule has 1 radical (unpaired) electrons. The van der Waals surface area contributed by atoms with Gasteiger partial charge in [-0.05, 0) is 6.42 Å². The summed E-state index contributed by atoms with van der Waals surface area (Å²) in [5.41, 5.74) is 0. The standard InChI is InChI=1S/C8H8F9/c1-2-3-4(9)6(12,13)8(16,17)7(14,15)5(10)11/h4H,2-3H2,1H3. The van der Waals surface area contributed by atoms with E-state index >= 15 is 0 Å². The fourth-order valence-electron chi connectivity index (χ4n) is 0.959. The van der Waals surface area contributed by atoms with Crippen LogP contribution < -0.4 is 0 Å². The van der Waals surface area contributed by atoms with Gasteiger partial charge in [-0.15, -0.1) is 0 Å². The van der Waals surface area contributed by atoms with Gasteiger partial charge in [-0.2, -0.15) is 35.1 Å². The third-order valence-corrected chi connectivity index (χ3v) is 1.99. The number of hydrogen-bond donors (Lipinski definition) is 0. The van der Waals surface area contributed by atoms with Crippen LogP contribution in [0.4, 0.5) is 39.5 Å². The molecule has 0 nitrogen and oxygen atoms in total. The third kappa shape index (κ3) is 2.62. The lowest BCUT2D eigenvalue weighted by atomic mass is 9.98. The molecule has 0 amide bonds. The second-order valence-corrected chi connectivity index (χ2v) is 3.29. The Morgan fingerprint density at radius 1 is 1.00 bits per heavy atom. The first-order chi connectivity index (χ1) is 7.42. The van der Waals surface area contributed by atoms with E-state index in [1.54, 1.807) is 0 Å². The van der Waals surface area contributed by atoms with E-state index in [2.05, 4.69) is 0 Å². The van der Waals surface area contributed by atoms with E-state index in [0.29, 0.717) is 0 Å². The van der Waals surface area contributed by atoms with Crippen LogP contribution in [-0.2, 0) is 0 Å². The lowest BCUT2D eigenvalue weighted by Gasteiger charge is -2.33. The molecule has 1 unspecified atom stereocenters. The Bertz CT molecular complexity index is 247. The minimum Gasteiger partial charge on any atom is -0.241 e. The normalized spacial score (nSPS) is 16.4. The van der Waals surface area contributed by atoms with Gasteiger partial charge >= 0.3 is 24.2 Å². The summed E-state index contributed by atoms with van der Waals surface area (Å²) in [6.45, 7) is 1.14. The van der Waals surface area contributed by atoms with Crippen molar-refractivity contribution in [1.29, 1.82) is 0 Å². The van der Waals surface area contributed by atoms with Crippen LogP contribution in [0.2, 0.25) is 0 Å². The van der Waals surface area contributed by atoms with Crippen LogP contribution in [-0.4, -0.2) is 23.9 Å². The van der Waals surface area contributed by atoms with Gasteiger partial charge < -0.3 is 0 Å². The predicted molar refractivity (Wildman–Crippen MR) is 40.1 cm³/mol. The van der Waals surface area contributed by atoms with Crippen LogP contribution in [0, 0.1) is 6.43 Å². The second-order valence-electron chi connectivity index (χ2n) is 3.29. The van der Waals surface area contributed by atoms with Crippen molar-refractivity contribution in [3.63, 3.8) is 0 Å². The van der Waals surface area contributed by atoms with Crippen molar-refractivity contribution in [3.05, 3.63) is 6.43 Å². The zero-order chi connectivity index (χ0) is 14.1. The van der Waals surface area contributed by atoms with Gasteiger partial charge in [0.15, 0.2) is 6.17 Å². The molecule has 0 saturated heterocycles. The highest BCUT2D eigenvalue weighted by Crippen LogP contribution is 2.52. The van der Waals surface area contributed by atoms with Crippen molar-refractivity contribution >= 4 is 0 Å². The number of hydrogen-bond acceptors (Lipinski definition) is 0. The molecule has 0 aromatic rings. The van der Waals surface area contributed by atoms with E-state index in [-0.39, 0.29) is 6.42 Å². The molecule has 0 heterocycles. The van der Waals surface area contributed by atoms with E-state index in [0.717, 1.165) is 6.92 Å². The minimum absolute atomic E-state index is 0.333. The molecule has 0 fully saturated rings. The Labute approximate surface area is 90.8 Å². The zero-order valence-electron chi connectivity index (χ0n) is 8.39. The predicted octanol–water partition coefficient (Wildman–Crippen LogP) is 4.46. The van der Waals surface area contributed by atoms with E-state index in [9.17, 15) is 39.5 Å². The van der Waals surface area contributed by atoms with Crippen molar-refractivity contribution in [3.8, 4) is 0 Å². The molecule has 1 atom stereocenters. The second kappa shape index (κ2) is 4.93. The molecule has 9 heteroatoms. The summed E-state index contributed by atoms with van der Waals surface area (Å²) in [4.78, 5) is 0. The number of alkyl halides is 7. The summed E-state index contributed by atoms with van der Waals surface area (Å²) < 4.78 is 111. The third-order valence-electron chi connectivity index (χ3n) is 1.99. The van der Waals surface area contributed by atoms with Gasteiger partial charge in [0, 0.05) is 0 Å². The Morgan fingerprint density at radius 2 is 1.41 bits per heavy atom. The molecular formula is C8H8F9. The molecule has 17 heavy (non-hydrogen) atoms. The lowest BCUT2D eigenvalue weighted by Crippen LogP contribution is -2.59. The van der Waals surface area contributed by atoms with Crippen LogP contribution in [0.3, 0.4) is 0 Å². The average Bonchev–Trinajstić information content (AvgIpc) is 2.17. The maximum Gasteiger partial charge on any atom is 0.385 e. The molecule has 0 aliphatic rings. The Hall–Kier alpha value is -0.630. The highest BCUT2D eigenvalue weighted by Gasteiger charge is 2.78. The maximum atomic E-state index is 12.7. The largest absolute Gasteiger partial charge is 0.385 e. The van der Waals surface area contributed by atoms with Crippen molar-refractivity contribution < 1.29 is 39.5 Å². The van der Waals surface area contributed by atoms with Crippen LogP contribution >= 0.6 is 0 Å². The summed E-state index contributed by atoms with van der Waals surface area (Å²) >= 11 is 0. The van der Waals surface area contributed by atoms with Gasteiger partial charge in [0.2, 0.25) is 0 Å². The van der Waals surface area contributed by atoms with E-state index < -0.39 is 36.8 Å². The van der Waals surface area contributed by atoms with Gasteiger partial charge in [-0.3, -0.25) is 0 Å². The minimum atomic E-state index is -6.49. The van der Waals surface area contributed by atoms with Crippen molar-refractivity contribution in [2.45, 2.75) is 43.7 Å². The maximum absolute atomic E-state index is 12.7. The highest BCUT2D eigenvalue weighted by atomic mass is 19.4. The molecule has 0 aromatic carbocycles. The summed E-state index contributed by atoms with van der Waals surface area (Å²) in [6, 6.07) is 0. The van der Waals surface area contributed by atoms with E-state index in [4.69, 9.17) is 0 Å². The molecule has 0 spiro atoms. The summed E-state index contributed by atoms with van der Waals surface area (Å²) in [5, 5.41) is 0. The smallest absolute Gasteiger partial charge is 0.241 e. The van der Waals surface area contributed by atoms with Gasteiger partial charge in [0.05, 0.1) is 0 Å². The van der Waals surface area contributed by atoms with Crippen molar-refractivity contribution in [1.82, 2.24) is 0 Å². The molecule has 0 aliphatic carbocycles. The SMILES string of the molecule is CCCC(F)C(F)(F)C(F)(F)C(F)(F)[C](F)F. The van der Waals surface area contributed by atoms with E-state index in [1.165, 1.54) is 0 Å². The molecule has 0 bridgehead atoms. The van der Waals surface area contributed by atoms with Gasteiger partial charge in [0.1, 0.15) is 0 Å². The highest BCUT2D eigenvalue weighted by molar-refractivity contribution is 5.06. The van der Waals surface area contributed by atoms with Crippen LogP contribution in [0.25, 0.3) is 0 Å². The Balaban J connectivity index is 5.28. The van der Waals surface area contributed by atoms with Crippen LogP contribution in [0.5, 0.6) is 0 Å². The Morgan fingerprint density at radius 3 is 1.71 bits per heavy atom. The van der Waals surface area contributed by atoms with Gasteiger partial charge in [-0.1, -0.05) is 13.3 Å². The summed E-state index contributed by atoms with van der Waals surface area (Å²) in [5.74, 6) is -18.8. The molecule has 0 rings (SSSR count). The Kier molecular flexibility index (Phi) is 4.75. The monoisotopic (exact) mass is 275 g/mol. The molecule has 103 valence electrons. The topological polar surface area (TPSA) is 0 Å². The first-order valence-electron chi connectivity index (χ1n) is 4.38. The van der Waals surface area contributed by atoms with E-state index in [1.807, 2.05) is 0 Å². The fourth-order valence-corrected chi connectivity index (χ4v) is 0.959. The summed E-state index contributed by atoms with van der Waals surface area (Å²) in [6.07, 6.45) is -9.30. The molecule has 0 N–H and O–H groups in total. The molecule has 0 aliphatic heterocycles. The van der Waals surface area contributed by atoms with Crippen LogP contribution in [0.15, 0.2) is 0 Å². The number of rotatable bonds is 6. The molecule has 0 saturated carbocycles. The fraction of sp³-hybridized carbons (Fsp3) is 0.875. The first kappa shape index (κ1) is 16.4. The molecular weight excluding hydrogens is 267 g/mol. The average molecular weight is 275 g/mol. The quantitative estimate of drug-likeness (QED) is 0.628. The lowest BCUT2D eigenvalue weighted by molar-refractivity contribution is -0.332. The van der Waals surface area contributed by atoms with Gasteiger partial charge in [-0.25, -0.2) is 4.39 Å². The first-order valence-corrected chi connectivity index (χ1v) is 4.38. The van der Waals surface area contributed by atoms with Crippen molar-refractivity contribution in [2.24, 2.45) is 0 Å². The summed E-state index contributed by atoms with van der Waals surface area (Å²) in [7, 11) is 0. The molecule has 0 aromatic heterocycles. The van der Waals surface area contributed by atoms with Gasteiger partial charge in [0.25, 0.3) is 0 Å². The number of halogens is 9.